The minimum Gasteiger partial charge on any atom is -0.383 e. The van der Waals surface area contributed by atoms with Gasteiger partial charge in [0.15, 0.2) is 0 Å². The second kappa shape index (κ2) is 9.04. The number of pyridine rings is 1. The van der Waals surface area contributed by atoms with Gasteiger partial charge in [0.05, 0.1) is 11.9 Å². The number of nitrogens with zero attached hydrogens (tertiary/aromatic N) is 1. The van der Waals surface area contributed by atoms with E-state index in [-0.39, 0.29) is 0 Å². The fraction of sp³-hybridized carbons (Fsp3) is 0.722. The van der Waals surface area contributed by atoms with Crippen molar-refractivity contribution in [1.29, 1.82) is 0 Å². The van der Waals surface area contributed by atoms with Crippen molar-refractivity contribution < 1.29 is 0 Å². The normalized spacial score (nSPS) is 11.9. The van der Waals surface area contributed by atoms with Gasteiger partial charge >= 0.3 is 0 Å². The Kier molecular flexibility index (Phi) is 7.73. The van der Waals surface area contributed by atoms with E-state index >= 15 is 0 Å². The van der Waals surface area contributed by atoms with Crippen LogP contribution < -0.4 is 10.6 Å². The minimum atomic E-state index is 0.675. The summed E-state index contributed by atoms with van der Waals surface area (Å²) < 4.78 is 0. The molecule has 0 bridgehead atoms. The fourth-order valence-electron chi connectivity index (χ4n) is 2.70. The molecular weight excluding hydrogens is 258 g/mol. The average molecular weight is 291 g/mol. The minimum absolute atomic E-state index is 0.675. The first-order chi connectivity index (χ1) is 9.91. The third-order valence-corrected chi connectivity index (χ3v) is 4.02. The molecule has 0 atom stereocenters. The molecular formula is C18H33N3. The van der Waals surface area contributed by atoms with E-state index in [1.54, 1.807) is 0 Å². The molecule has 0 aromatic carbocycles. The second-order valence-electron chi connectivity index (χ2n) is 7.09. The van der Waals surface area contributed by atoms with E-state index in [1.807, 2.05) is 12.4 Å². The van der Waals surface area contributed by atoms with Crippen molar-refractivity contribution in [2.75, 3.05) is 18.4 Å². The molecule has 0 radical (unpaired) electrons. The van der Waals surface area contributed by atoms with Crippen LogP contribution in [-0.2, 0) is 6.54 Å². The van der Waals surface area contributed by atoms with Crippen LogP contribution in [-0.4, -0.2) is 18.1 Å². The summed E-state index contributed by atoms with van der Waals surface area (Å²) in [6.07, 6.45) is 3.82. The standard InChI is InChI=1S/C18H33N3/c1-13(2)9-20-10-16-7-8-19-12-18(16)21-11-17(14(3)4)15(5)6/h7-8,12-15,17,20-21H,9-11H2,1-6H3. The molecule has 1 aromatic rings. The smallest absolute Gasteiger partial charge is 0.0572 e. The van der Waals surface area contributed by atoms with Crippen LogP contribution in [0.2, 0.25) is 0 Å². The Morgan fingerprint density at radius 2 is 1.67 bits per heavy atom. The summed E-state index contributed by atoms with van der Waals surface area (Å²) in [5.74, 6) is 2.74. The van der Waals surface area contributed by atoms with Crippen molar-refractivity contribution in [3.05, 3.63) is 24.0 Å². The van der Waals surface area contributed by atoms with Crippen molar-refractivity contribution in [1.82, 2.24) is 10.3 Å². The van der Waals surface area contributed by atoms with E-state index in [2.05, 4.69) is 63.2 Å². The van der Waals surface area contributed by atoms with Gasteiger partial charge in [0.2, 0.25) is 0 Å². The molecule has 0 fully saturated rings. The maximum Gasteiger partial charge on any atom is 0.0572 e. The molecule has 0 saturated heterocycles. The number of nitrogens with one attached hydrogen (secondary N) is 2. The monoisotopic (exact) mass is 291 g/mol. The number of aromatic nitrogens is 1. The van der Waals surface area contributed by atoms with E-state index in [1.165, 1.54) is 11.3 Å². The van der Waals surface area contributed by atoms with Crippen LogP contribution in [0.15, 0.2) is 18.5 Å². The highest BCUT2D eigenvalue weighted by Gasteiger charge is 2.17. The highest BCUT2D eigenvalue weighted by atomic mass is 14.9. The van der Waals surface area contributed by atoms with E-state index in [0.29, 0.717) is 23.7 Å². The highest BCUT2D eigenvalue weighted by Crippen LogP contribution is 2.22. The number of hydrogen-bond acceptors (Lipinski definition) is 3. The van der Waals surface area contributed by atoms with Gasteiger partial charge in [0, 0.05) is 19.3 Å². The van der Waals surface area contributed by atoms with Crippen molar-refractivity contribution >= 4 is 5.69 Å². The first kappa shape index (κ1) is 18.0. The molecule has 3 heteroatoms. The predicted octanol–water partition coefficient (Wildman–Crippen LogP) is 4.17. The summed E-state index contributed by atoms with van der Waals surface area (Å²) in [6.45, 7) is 16.6. The molecule has 0 spiro atoms. The Hall–Kier alpha value is -1.09. The Balaban J connectivity index is 2.61. The van der Waals surface area contributed by atoms with Gasteiger partial charge < -0.3 is 10.6 Å². The zero-order valence-corrected chi connectivity index (χ0v) is 14.6. The first-order valence-electron chi connectivity index (χ1n) is 8.29. The molecule has 1 aromatic heterocycles. The first-order valence-corrected chi connectivity index (χ1v) is 8.29. The zero-order chi connectivity index (χ0) is 15.8. The lowest BCUT2D eigenvalue weighted by atomic mass is 9.85. The van der Waals surface area contributed by atoms with Crippen LogP contribution in [0.3, 0.4) is 0 Å². The molecule has 1 heterocycles. The largest absolute Gasteiger partial charge is 0.383 e. The van der Waals surface area contributed by atoms with E-state index in [9.17, 15) is 0 Å². The summed E-state index contributed by atoms with van der Waals surface area (Å²) in [5.41, 5.74) is 2.47. The quantitative estimate of drug-likeness (QED) is 0.717. The Labute approximate surface area is 130 Å². The average Bonchev–Trinajstić information content (AvgIpc) is 2.39. The van der Waals surface area contributed by atoms with Crippen LogP contribution in [0.25, 0.3) is 0 Å². The van der Waals surface area contributed by atoms with Gasteiger partial charge in [-0.25, -0.2) is 0 Å². The predicted molar refractivity (Wildman–Crippen MR) is 92.4 cm³/mol. The molecule has 0 aliphatic carbocycles. The third-order valence-electron chi connectivity index (χ3n) is 4.02. The van der Waals surface area contributed by atoms with Crippen LogP contribution in [0, 0.1) is 23.7 Å². The lowest BCUT2D eigenvalue weighted by Gasteiger charge is -2.26. The van der Waals surface area contributed by atoms with Gasteiger partial charge in [-0.1, -0.05) is 41.5 Å². The van der Waals surface area contributed by atoms with Gasteiger partial charge in [0.25, 0.3) is 0 Å². The maximum atomic E-state index is 4.27. The summed E-state index contributed by atoms with van der Waals surface area (Å²) in [7, 11) is 0. The molecule has 0 amide bonds. The lowest BCUT2D eigenvalue weighted by molar-refractivity contribution is 0.304. The second-order valence-corrected chi connectivity index (χ2v) is 7.09. The van der Waals surface area contributed by atoms with Crippen LogP contribution in [0.4, 0.5) is 5.69 Å². The topological polar surface area (TPSA) is 37.0 Å². The van der Waals surface area contributed by atoms with E-state index in [4.69, 9.17) is 0 Å². The van der Waals surface area contributed by atoms with Crippen molar-refractivity contribution in [3.63, 3.8) is 0 Å². The van der Waals surface area contributed by atoms with Gasteiger partial charge in [-0.3, -0.25) is 4.98 Å². The van der Waals surface area contributed by atoms with Gasteiger partial charge in [-0.05, 0) is 41.8 Å². The molecule has 3 nitrogen and oxygen atoms in total. The van der Waals surface area contributed by atoms with Crippen molar-refractivity contribution in [2.45, 2.75) is 48.1 Å². The molecule has 0 saturated carbocycles. The fourth-order valence-corrected chi connectivity index (χ4v) is 2.70. The van der Waals surface area contributed by atoms with E-state index in [0.717, 1.165) is 19.6 Å². The maximum absolute atomic E-state index is 4.27. The van der Waals surface area contributed by atoms with Crippen LogP contribution in [0.5, 0.6) is 0 Å². The summed E-state index contributed by atoms with van der Waals surface area (Å²) >= 11 is 0. The number of rotatable bonds is 9. The Bertz CT molecular complexity index is 391. The molecule has 0 unspecified atom stereocenters. The van der Waals surface area contributed by atoms with Crippen molar-refractivity contribution in [2.24, 2.45) is 23.7 Å². The van der Waals surface area contributed by atoms with Gasteiger partial charge in [-0.15, -0.1) is 0 Å². The third kappa shape index (κ3) is 6.47. The van der Waals surface area contributed by atoms with Crippen molar-refractivity contribution in [3.8, 4) is 0 Å². The zero-order valence-electron chi connectivity index (χ0n) is 14.6. The molecule has 0 aliphatic rings. The summed E-state index contributed by atoms with van der Waals surface area (Å²) in [5, 5.41) is 7.12. The molecule has 0 aliphatic heterocycles. The van der Waals surface area contributed by atoms with E-state index < -0.39 is 0 Å². The summed E-state index contributed by atoms with van der Waals surface area (Å²) in [6, 6.07) is 2.11. The number of anilines is 1. The highest BCUT2D eigenvalue weighted by molar-refractivity contribution is 5.48. The molecule has 2 N–H and O–H groups in total. The molecule has 1 rings (SSSR count). The van der Waals surface area contributed by atoms with Crippen LogP contribution in [0.1, 0.15) is 47.1 Å². The lowest BCUT2D eigenvalue weighted by Crippen LogP contribution is -2.25. The Morgan fingerprint density at radius 3 is 2.24 bits per heavy atom. The molecule has 21 heavy (non-hydrogen) atoms. The van der Waals surface area contributed by atoms with Gasteiger partial charge in [0.1, 0.15) is 0 Å². The Morgan fingerprint density at radius 1 is 1.00 bits per heavy atom. The summed E-state index contributed by atoms with van der Waals surface area (Å²) in [4.78, 5) is 4.27. The molecule has 120 valence electrons. The number of hydrogen-bond donors (Lipinski definition) is 2. The van der Waals surface area contributed by atoms with Gasteiger partial charge in [-0.2, -0.15) is 0 Å². The van der Waals surface area contributed by atoms with Crippen LogP contribution >= 0.6 is 0 Å². The SMILES string of the molecule is CC(C)CNCc1ccncc1NCC(C(C)C)C(C)C.